The second kappa shape index (κ2) is 8.83. The zero-order valence-electron chi connectivity index (χ0n) is 18.9. The van der Waals surface area contributed by atoms with Gasteiger partial charge in [0.05, 0.1) is 6.04 Å². The van der Waals surface area contributed by atoms with E-state index in [-0.39, 0.29) is 18.5 Å². The molecule has 0 bridgehead atoms. The number of tetrazole rings is 1. The fourth-order valence-corrected chi connectivity index (χ4v) is 3.50. The van der Waals surface area contributed by atoms with Crippen molar-refractivity contribution in [2.75, 3.05) is 26.2 Å². The number of benzene rings is 2. The molecule has 1 aliphatic heterocycles. The lowest BCUT2D eigenvalue weighted by Crippen LogP contribution is -2.50. The molecule has 4 rings (SSSR count). The van der Waals surface area contributed by atoms with Crippen LogP contribution in [0.2, 0.25) is 0 Å². The topological polar surface area (TPSA) is 76.4 Å². The Hall–Kier alpha value is -3.26. The van der Waals surface area contributed by atoms with E-state index in [4.69, 9.17) is 8.85 Å². The van der Waals surface area contributed by atoms with E-state index in [1.165, 1.54) is 0 Å². The van der Waals surface area contributed by atoms with Crippen molar-refractivity contribution >= 4 is 6.09 Å². The van der Waals surface area contributed by atoms with Gasteiger partial charge in [-0.1, -0.05) is 60.7 Å². The van der Waals surface area contributed by atoms with Crippen molar-refractivity contribution in [3.05, 3.63) is 77.6 Å². The number of hydrogen-bond donors (Lipinski definition) is 0. The summed E-state index contributed by atoms with van der Waals surface area (Å²) in [6, 6.07) is 18.6. The maximum absolute atomic E-state index is 12.5. The summed E-state index contributed by atoms with van der Waals surface area (Å²) in [7, 11) is 0. The quantitative estimate of drug-likeness (QED) is 0.660. The molecule has 1 saturated heterocycles. The first-order chi connectivity index (χ1) is 15.4. The van der Waals surface area contributed by atoms with Crippen LogP contribution in [0.3, 0.4) is 0 Å². The number of carbonyl (C=O) groups excluding carboxylic acids is 1. The van der Waals surface area contributed by atoms with Crippen molar-refractivity contribution in [3.63, 3.8) is 0 Å². The molecular formula is C21H24N6O2. The van der Waals surface area contributed by atoms with Crippen LogP contribution < -0.4 is 0 Å². The molecule has 0 aliphatic carbocycles. The predicted molar refractivity (Wildman–Crippen MR) is 107 cm³/mol. The number of hydrogen-bond acceptors (Lipinski definition) is 6. The lowest BCUT2D eigenvalue weighted by Gasteiger charge is -2.38. The maximum atomic E-state index is 12.5. The monoisotopic (exact) mass is 395 g/mol. The molecule has 29 heavy (non-hydrogen) atoms. The van der Waals surface area contributed by atoms with Crippen molar-refractivity contribution in [2.24, 2.45) is 6.98 Å². The van der Waals surface area contributed by atoms with Crippen LogP contribution in [-0.2, 0) is 18.3 Å². The number of nitrogens with zero attached hydrogens (tertiary/aromatic N) is 6. The second-order valence-electron chi connectivity index (χ2n) is 6.83. The van der Waals surface area contributed by atoms with E-state index < -0.39 is 13.0 Å². The summed E-state index contributed by atoms with van der Waals surface area (Å²) in [5.74, 6) is 0.247. The number of carbonyl (C=O) groups is 1. The molecule has 1 aromatic heterocycles. The molecule has 2 heterocycles. The predicted octanol–water partition coefficient (Wildman–Crippen LogP) is 2.25. The Morgan fingerprint density at radius 2 is 1.76 bits per heavy atom. The number of ether oxygens (including phenoxy) is 1. The number of aryl methyl sites for hydroxylation is 1. The van der Waals surface area contributed by atoms with Crippen molar-refractivity contribution in [1.82, 2.24) is 30.0 Å². The third kappa shape index (κ3) is 4.43. The van der Waals surface area contributed by atoms with Gasteiger partial charge in [0.2, 0.25) is 0 Å². The van der Waals surface area contributed by atoms with Gasteiger partial charge in [-0.3, -0.25) is 4.90 Å². The second-order valence-corrected chi connectivity index (χ2v) is 6.83. The van der Waals surface area contributed by atoms with Gasteiger partial charge >= 0.3 is 6.09 Å². The van der Waals surface area contributed by atoms with Gasteiger partial charge in [-0.05, 0) is 21.6 Å². The molecule has 0 N–H and O–H groups in total. The Morgan fingerprint density at radius 3 is 2.45 bits per heavy atom. The fraction of sp³-hybridized carbons (Fsp3) is 0.333. The van der Waals surface area contributed by atoms with Gasteiger partial charge in [-0.2, -0.15) is 0 Å². The van der Waals surface area contributed by atoms with Crippen LogP contribution in [0.5, 0.6) is 0 Å². The molecule has 1 amide bonds. The highest BCUT2D eigenvalue weighted by Gasteiger charge is 2.31. The van der Waals surface area contributed by atoms with Gasteiger partial charge in [0.1, 0.15) is 6.61 Å². The molecule has 150 valence electrons. The molecule has 1 unspecified atom stereocenters. The fourth-order valence-electron chi connectivity index (χ4n) is 3.50. The lowest BCUT2D eigenvalue weighted by molar-refractivity contribution is 0.0631. The van der Waals surface area contributed by atoms with Crippen LogP contribution in [-0.4, -0.2) is 62.3 Å². The van der Waals surface area contributed by atoms with Gasteiger partial charge < -0.3 is 9.64 Å². The molecule has 8 nitrogen and oxygen atoms in total. The Labute approximate surface area is 173 Å². The zero-order valence-corrected chi connectivity index (χ0v) is 15.9. The number of amides is 1. The number of piperazine rings is 1. The molecule has 8 heteroatoms. The van der Waals surface area contributed by atoms with E-state index in [0.717, 1.165) is 15.8 Å². The van der Waals surface area contributed by atoms with Crippen molar-refractivity contribution < 1.29 is 13.6 Å². The first kappa shape index (κ1) is 15.6. The van der Waals surface area contributed by atoms with Gasteiger partial charge in [0.15, 0.2) is 5.82 Å². The Morgan fingerprint density at radius 1 is 1.07 bits per heavy atom. The van der Waals surface area contributed by atoms with E-state index in [9.17, 15) is 4.79 Å². The highest BCUT2D eigenvalue weighted by atomic mass is 16.6. The van der Waals surface area contributed by atoms with Crippen LogP contribution in [0.15, 0.2) is 60.7 Å². The van der Waals surface area contributed by atoms with Crippen LogP contribution in [0.4, 0.5) is 4.79 Å². The third-order valence-electron chi connectivity index (χ3n) is 5.00. The SMILES string of the molecule is [2H]C([2H])([2H])n1nnnc1C(c1ccccc1)N1CCN(C(=O)OCc2ccccc2)CC1. The third-order valence-corrected chi connectivity index (χ3v) is 5.00. The standard InChI is InChI=1S/C21H24N6O2/c1-25-20(22-23-24-25)19(18-10-6-3-7-11-18)26-12-14-27(15-13-26)21(28)29-16-17-8-4-2-5-9-17/h2-11,19H,12-16H2,1H3/i1D3. The first-order valence-corrected chi connectivity index (χ1v) is 9.47. The minimum atomic E-state index is -2.49. The van der Waals surface area contributed by atoms with E-state index in [1.807, 2.05) is 60.7 Å². The van der Waals surface area contributed by atoms with Gasteiger partial charge in [0, 0.05) is 37.3 Å². The highest BCUT2D eigenvalue weighted by molar-refractivity contribution is 5.67. The molecule has 2 aromatic carbocycles. The zero-order chi connectivity index (χ0) is 22.6. The minimum absolute atomic E-state index is 0.222. The lowest BCUT2D eigenvalue weighted by atomic mass is 10.0. The van der Waals surface area contributed by atoms with Gasteiger partial charge in [0.25, 0.3) is 0 Å². The molecule has 1 fully saturated rings. The number of rotatable bonds is 5. The van der Waals surface area contributed by atoms with Crippen molar-refractivity contribution in [1.29, 1.82) is 0 Å². The summed E-state index contributed by atoms with van der Waals surface area (Å²) in [4.78, 5) is 16.3. The first-order valence-electron chi connectivity index (χ1n) is 11.0. The van der Waals surface area contributed by atoms with Crippen LogP contribution in [0, 0.1) is 0 Å². The Kier molecular flexibility index (Phi) is 4.76. The summed E-state index contributed by atoms with van der Waals surface area (Å²) in [6.07, 6.45) is -0.364. The summed E-state index contributed by atoms with van der Waals surface area (Å²) in [5, 5.41) is 11.4. The van der Waals surface area contributed by atoms with E-state index in [2.05, 4.69) is 20.4 Å². The van der Waals surface area contributed by atoms with Crippen LogP contribution >= 0.6 is 0 Å². The largest absolute Gasteiger partial charge is 0.445 e. The molecule has 0 saturated carbocycles. The average Bonchev–Trinajstić information content (AvgIpc) is 3.30. The maximum Gasteiger partial charge on any atom is 0.410 e. The molecule has 1 aliphatic rings. The van der Waals surface area contributed by atoms with Gasteiger partial charge in [-0.25, -0.2) is 9.48 Å². The van der Waals surface area contributed by atoms with Crippen molar-refractivity contribution in [2.45, 2.75) is 12.6 Å². The minimum Gasteiger partial charge on any atom is -0.445 e. The molecule has 3 aromatic rings. The summed E-state index contributed by atoms with van der Waals surface area (Å²) in [5.41, 5.74) is 1.81. The van der Waals surface area contributed by atoms with Crippen LogP contribution in [0.1, 0.15) is 27.1 Å². The van der Waals surface area contributed by atoms with E-state index in [0.29, 0.717) is 26.2 Å². The molecule has 0 spiro atoms. The smallest absolute Gasteiger partial charge is 0.410 e. The van der Waals surface area contributed by atoms with E-state index >= 15 is 0 Å². The molecular weight excluding hydrogens is 368 g/mol. The Balaban J connectivity index is 1.47. The highest BCUT2D eigenvalue weighted by Crippen LogP contribution is 2.27. The molecule has 1 atom stereocenters. The Bertz CT molecular complexity index is 1020. The van der Waals surface area contributed by atoms with Crippen molar-refractivity contribution in [3.8, 4) is 0 Å². The van der Waals surface area contributed by atoms with Crippen LogP contribution in [0.25, 0.3) is 0 Å². The van der Waals surface area contributed by atoms with E-state index in [1.54, 1.807) is 4.90 Å². The summed E-state index contributed by atoms with van der Waals surface area (Å²) in [6.45, 7) is -0.324. The normalized spacial score (nSPS) is 17.8. The molecule has 0 radical (unpaired) electrons. The number of aromatic nitrogens is 4. The summed E-state index contributed by atoms with van der Waals surface area (Å²) < 4.78 is 29.7. The summed E-state index contributed by atoms with van der Waals surface area (Å²) >= 11 is 0. The van der Waals surface area contributed by atoms with Gasteiger partial charge in [-0.15, -0.1) is 5.10 Å². The average molecular weight is 395 g/mol.